The van der Waals surface area contributed by atoms with Gasteiger partial charge in [0.1, 0.15) is 5.69 Å². The van der Waals surface area contributed by atoms with Crippen molar-refractivity contribution in [1.82, 2.24) is 9.47 Å². The molecular formula is C12H16BrN3O2. The molecule has 0 aliphatic carbocycles. The van der Waals surface area contributed by atoms with Gasteiger partial charge in [0, 0.05) is 37.9 Å². The summed E-state index contributed by atoms with van der Waals surface area (Å²) in [4.78, 5) is 13.9. The van der Waals surface area contributed by atoms with Crippen molar-refractivity contribution in [2.75, 3.05) is 26.8 Å². The summed E-state index contributed by atoms with van der Waals surface area (Å²) in [6.45, 7) is 1.37. The quantitative estimate of drug-likeness (QED) is 0.804. The van der Waals surface area contributed by atoms with E-state index in [4.69, 9.17) is 10.00 Å². The SMILES string of the molecule is COCCN(CCC#N)C(=O)c1cc(Br)cn1C. The van der Waals surface area contributed by atoms with E-state index >= 15 is 0 Å². The molecule has 1 aromatic heterocycles. The number of carbonyl (C=O) groups excluding carboxylic acids is 1. The summed E-state index contributed by atoms with van der Waals surface area (Å²) in [6, 6.07) is 3.82. The van der Waals surface area contributed by atoms with Crippen LogP contribution in [0.3, 0.4) is 0 Å². The van der Waals surface area contributed by atoms with E-state index in [9.17, 15) is 4.79 Å². The Morgan fingerprint density at radius 2 is 2.33 bits per heavy atom. The van der Waals surface area contributed by atoms with Crippen LogP contribution < -0.4 is 0 Å². The summed E-state index contributed by atoms with van der Waals surface area (Å²) in [5, 5.41) is 8.62. The van der Waals surface area contributed by atoms with Crippen LogP contribution in [0.15, 0.2) is 16.7 Å². The molecule has 0 bridgehead atoms. The number of methoxy groups -OCH3 is 1. The second-order valence-electron chi connectivity index (χ2n) is 3.85. The molecule has 18 heavy (non-hydrogen) atoms. The Hall–Kier alpha value is -1.32. The maximum absolute atomic E-state index is 12.3. The van der Waals surface area contributed by atoms with Gasteiger partial charge in [-0.15, -0.1) is 0 Å². The molecule has 0 saturated heterocycles. The van der Waals surface area contributed by atoms with Gasteiger partial charge in [-0.2, -0.15) is 5.26 Å². The van der Waals surface area contributed by atoms with Crippen molar-refractivity contribution < 1.29 is 9.53 Å². The Balaban J connectivity index is 2.81. The molecule has 0 spiro atoms. The van der Waals surface area contributed by atoms with Crippen molar-refractivity contribution in [2.24, 2.45) is 7.05 Å². The molecule has 0 atom stereocenters. The molecule has 1 rings (SSSR count). The van der Waals surface area contributed by atoms with Crippen LogP contribution >= 0.6 is 15.9 Å². The van der Waals surface area contributed by atoms with E-state index in [-0.39, 0.29) is 5.91 Å². The van der Waals surface area contributed by atoms with Crippen molar-refractivity contribution in [2.45, 2.75) is 6.42 Å². The zero-order valence-electron chi connectivity index (χ0n) is 10.5. The van der Waals surface area contributed by atoms with Crippen LogP contribution in [0.1, 0.15) is 16.9 Å². The van der Waals surface area contributed by atoms with Crippen LogP contribution in [0, 0.1) is 11.3 Å². The lowest BCUT2D eigenvalue weighted by Crippen LogP contribution is -2.35. The lowest BCUT2D eigenvalue weighted by Gasteiger charge is -2.21. The van der Waals surface area contributed by atoms with Gasteiger partial charge in [0.25, 0.3) is 5.91 Å². The average molecular weight is 314 g/mol. The fourth-order valence-electron chi connectivity index (χ4n) is 1.60. The Labute approximate surface area is 115 Å². The predicted molar refractivity (Wildman–Crippen MR) is 71.1 cm³/mol. The Kier molecular flexibility index (Phi) is 5.89. The third-order valence-corrected chi connectivity index (χ3v) is 2.97. The first-order chi connectivity index (χ1) is 8.60. The van der Waals surface area contributed by atoms with Crippen molar-refractivity contribution in [3.63, 3.8) is 0 Å². The zero-order chi connectivity index (χ0) is 13.5. The second-order valence-corrected chi connectivity index (χ2v) is 4.76. The monoisotopic (exact) mass is 313 g/mol. The number of rotatable bonds is 6. The lowest BCUT2D eigenvalue weighted by molar-refractivity contribution is 0.0690. The van der Waals surface area contributed by atoms with Gasteiger partial charge < -0.3 is 14.2 Å². The highest BCUT2D eigenvalue weighted by atomic mass is 79.9. The molecule has 0 N–H and O–H groups in total. The molecule has 1 heterocycles. The van der Waals surface area contributed by atoms with Crippen LogP contribution in [-0.2, 0) is 11.8 Å². The molecule has 5 nitrogen and oxygen atoms in total. The molecule has 0 aromatic carbocycles. The molecule has 0 radical (unpaired) electrons. The summed E-state index contributed by atoms with van der Waals surface area (Å²) in [5.41, 5.74) is 0.593. The fraction of sp³-hybridized carbons (Fsp3) is 0.500. The number of ether oxygens (including phenoxy) is 1. The molecular weight excluding hydrogens is 298 g/mol. The van der Waals surface area contributed by atoms with Gasteiger partial charge >= 0.3 is 0 Å². The number of amides is 1. The molecule has 0 fully saturated rings. The number of nitrogens with zero attached hydrogens (tertiary/aromatic N) is 3. The van der Waals surface area contributed by atoms with Gasteiger partial charge in [0.15, 0.2) is 0 Å². The maximum atomic E-state index is 12.3. The number of halogens is 1. The first-order valence-corrected chi connectivity index (χ1v) is 6.36. The van der Waals surface area contributed by atoms with Crippen molar-refractivity contribution in [3.05, 3.63) is 22.4 Å². The van der Waals surface area contributed by atoms with E-state index in [0.717, 1.165) is 4.47 Å². The van der Waals surface area contributed by atoms with E-state index in [2.05, 4.69) is 15.9 Å². The number of nitriles is 1. The number of aromatic nitrogens is 1. The van der Waals surface area contributed by atoms with Crippen LogP contribution in [0.5, 0.6) is 0 Å². The summed E-state index contributed by atoms with van der Waals surface area (Å²) in [5.74, 6) is -0.0875. The highest BCUT2D eigenvalue weighted by Gasteiger charge is 2.18. The van der Waals surface area contributed by atoms with Gasteiger partial charge in [0.2, 0.25) is 0 Å². The molecule has 0 aliphatic rings. The molecule has 98 valence electrons. The van der Waals surface area contributed by atoms with Crippen LogP contribution in [0.25, 0.3) is 0 Å². The van der Waals surface area contributed by atoms with Gasteiger partial charge in [-0.1, -0.05) is 0 Å². The smallest absolute Gasteiger partial charge is 0.270 e. The Morgan fingerprint density at radius 1 is 1.61 bits per heavy atom. The summed E-state index contributed by atoms with van der Waals surface area (Å²) >= 11 is 3.34. The third-order valence-electron chi connectivity index (χ3n) is 2.54. The van der Waals surface area contributed by atoms with Crippen molar-refractivity contribution >= 4 is 21.8 Å². The van der Waals surface area contributed by atoms with E-state index in [1.807, 2.05) is 19.3 Å². The minimum atomic E-state index is -0.0875. The summed E-state index contributed by atoms with van der Waals surface area (Å²) in [7, 11) is 3.41. The summed E-state index contributed by atoms with van der Waals surface area (Å²) in [6.07, 6.45) is 2.15. The van der Waals surface area contributed by atoms with E-state index < -0.39 is 0 Å². The minimum absolute atomic E-state index is 0.0875. The fourth-order valence-corrected chi connectivity index (χ4v) is 2.12. The molecule has 1 amide bonds. The largest absolute Gasteiger partial charge is 0.383 e. The first kappa shape index (κ1) is 14.7. The highest BCUT2D eigenvalue weighted by molar-refractivity contribution is 9.10. The normalized spacial score (nSPS) is 10.1. The van der Waals surface area contributed by atoms with Crippen molar-refractivity contribution in [1.29, 1.82) is 5.26 Å². The van der Waals surface area contributed by atoms with Gasteiger partial charge in [-0.25, -0.2) is 0 Å². The Bertz CT molecular complexity index is 451. The third kappa shape index (κ3) is 3.86. The van der Waals surface area contributed by atoms with E-state index in [1.165, 1.54) is 0 Å². The van der Waals surface area contributed by atoms with Crippen molar-refractivity contribution in [3.8, 4) is 6.07 Å². The minimum Gasteiger partial charge on any atom is -0.383 e. The van der Waals surface area contributed by atoms with Gasteiger partial charge in [-0.3, -0.25) is 4.79 Å². The first-order valence-electron chi connectivity index (χ1n) is 5.57. The zero-order valence-corrected chi connectivity index (χ0v) is 12.1. The maximum Gasteiger partial charge on any atom is 0.270 e. The number of hydrogen-bond acceptors (Lipinski definition) is 3. The van der Waals surface area contributed by atoms with Gasteiger partial charge in [-0.05, 0) is 22.0 Å². The average Bonchev–Trinajstić information content (AvgIpc) is 2.68. The van der Waals surface area contributed by atoms with E-state index in [0.29, 0.717) is 31.8 Å². The number of carbonyl (C=O) groups is 1. The number of hydrogen-bond donors (Lipinski definition) is 0. The summed E-state index contributed by atoms with van der Waals surface area (Å²) < 4.78 is 7.60. The molecule has 0 unspecified atom stereocenters. The Morgan fingerprint density at radius 3 is 2.83 bits per heavy atom. The molecule has 0 aliphatic heterocycles. The number of aryl methyl sites for hydroxylation is 1. The second kappa shape index (κ2) is 7.19. The van der Waals surface area contributed by atoms with E-state index in [1.54, 1.807) is 22.6 Å². The van der Waals surface area contributed by atoms with Crippen LogP contribution in [0.4, 0.5) is 0 Å². The highest BCUT2D eigenvalue weighted by Crippen LogP contribution is 2.15. The molecule has 1 aromatic rings. The predicted octanol–water partition coefficient (Wildman–Crippen LogP) is 1.79. The molecule has 6 heteroatoms. The van der Waals surface area contributed by atoms with Crippen LogP contribution in [-0.4, -0.2) is 42.2 Å². The standard InChI is InChI=1S/C12H16BrN3O2/c1-15-9-10(13)8-11(15)12(17)16(5-3-4-14)6-7-18-2/h8-9H,3,5-7H2,1-2H3. The van der Waals surface area contributed by atoms with Crippen LogP contribution in [0.2, 0.25) is 0 Å². The molecule has 0 saturated carbocycles. The van der Waals surface area contributed by atoms with Gasteiger partial charge in [0.05, 0.1) is 19.1 Å². The lowest BCUT2D eigenvalue weighted by atomic mass is 10.3. The topological polar surface area (TPSA) is 58.3 Å².